The van der Waals surface area contributed by atoms with Gasteiger partial charge in [-0.1, -0.05) is 12.1 Å². The molecule has 0 aromatic heterocycles. The van der Waals surface area contributed by atoms with Gasteiger partial charge in [-0.05, 0) is 23.8 Å². The molecule has 0 saturated carbocycles. The van der Waals surface area contributed by atoms with Crippen LogP contribution in [0.15, 0.2) is 30.3 Å². The fourth-order valence-corrected chi connectivity index (χ4v) is 1.05. The van der Waals surface area contributed by atoms with Crippen LogP contribution in [0.5, 0.6) is 5.75 Å². The molecule has 98 valence electrons. The molecular formula is C11H8F4O3. The zero-order chi connectivity index (χ0) is 13.8. The van der Waals surface area contributed by atoms with Crippen LogP contribution >= 0.6 is 0 Å². The Hall–Kier alpha value is -2.05. The number of aliphatic carboxylic acids is 1. The number of rotatable bonds is 5. The number of carboxylic acids is 1. The largest absolute Gasteiger partial charge is 0.478 e. The summed E-state index contributed by atoms with van der Waals surface area (Å²) >= 11 is 0. The second kappa shape index (κ2) is 5.52. The van der Waals surface area contributed by atoms with Gasteiger partial charge in [0.1, 0.15) is 5.75 Å². The minimum Gasteiger partial charge on any atom is -0.478 e. The predicted octanol–water partition coefficient (Wildman–Crippen LogP) is 3.02. The standard InChI is InChI=1S/C11H8F4O3/c12-10(13)11(14,15)18-8-3-1-2-7(6-8)4-5-9(16)17/h1-6,10H,(H,16,17). The van der Waals surface area contributed by atoms with Crippen molar-refractivity contribution in [2.75, 3.05) is 0 Å². The molecule has 1 aromatic rings. The van der Waals surface area contributed by atoms with E-state index in [-0.39, 0.29) is 5.56 Å². The minimum absolute atomic E-state index is 0.236. The van der Waals surface area contributed by atoms with Crippen LogP contribution in [0.3, 0.4) is 0 Å². The van der Waals surface area contributed by atoms with E-state index in [4.69, 9.17) is 5.11 Å². The summed E-state index contributed by atoms with van der Waals surface area (Å²) in [5, 5.41) is 8.37. The quantitative estimate of drug-likeness (QED) is 0.656. The van der Waals surface area contributed by atoms with E-state index in [0.717, 1.165) is 24.3 Å². The van der Waals surface area contributed by atoms with E-state index in [0.29, 0.717) is 0 Å². The number of carboxylic acid groups (broad SMARTS) is 1. The molecule has 0 amide bonds. The SMILES string of the molecule is O=C(O)C=Cc1cccc(OC(F)(F)C(F)F)c1. The van der Waals surface area contributed by atoms with E-state index in [1.807, 2.05) is 0 Å². The average Bonchev–Trinajstić information content (AvgIpc) is 2.26. The van der Waals surface area contributed by atoms with Crippen molar-refractivity contribution in [2.45, 2.75) is 12.5 Å². The fraction of sp³-hybridized carbons (Fsp3) is 0.182. The van der Waals surface area contributed by atoms with Crippen molar-refractivity contribution in [2.24, 2.45) is 0 Å². The van der Waals surface area contributed by atoms with E-state index in [9.17, 15) is 22.4 Å². The molecule has 0 unspecified atom stereocenters. The monoisotopic (exact) mass is 264 g/mol. The number of carbonyl (C=O) groups is 1. The molecule has 0 aliphatic rings. The fourth-order valence-electron chi connectivity index (χ4n) is 1.05. The van der Waals surface area contributed by atoms with Crippen LogP contribution in [0.1, 0.15) is 5.56 Å². The highest BCUT2D eigenvalue weighted by atomic mass is 19.3. The molecule has 0 bridgehead atoms. The van der Waals surface area contributed by atoms with Crippen molar-refractivity contribution in [3.8, 4) is 5.75 Å². The molecule has 1 rings (SSSR count). The number of benzene rings is 1. The molecule has 1 aromatic carbocycles. The Morgan fingerprint density at radius 2 is 2.06 bits per heavy atom. The molecule has 0 aliphatic carbocycles. The summed E-state index contributed by atoms with van der Waals surface area (Å²) in [6.07, 6.45) is -6.63. The lowest BCUT2D eigenvalue weighted by atomic mass is 10.2. The molecule has 1 N–H and O–H groups in total. The van der Waals surface area contributed by atoms with Crippen LogP contribution < -0.4 is 4.74 Å². The molecule has 0 atom stereocenters. The highest BCUT2D eigenvalue weighted by molar-refractivity contribution is 5.85. The van der Waals surface area contributed by atoms with Gasteiger partial charge in [-0.15, -0.1) is 0 Å². The van der Waals surface area contributed by atoms with Gasteiger partial charge in [0.05, 0.1) is 0 Å². The lowest BCUT2D eigenvalue weighted by Gasteiger charge is -2.16. The Labute approximate surface area is 99.3 Å². The van der Waals surface area contributed by atoms with E-state index in [1.165, 1.54) is 12.1 Å². The number of halogens is 4. The second-order valence-corrected chi connectivity index (χ2v) is 3.21. The first-order valence-corrected chi connectivity index (χ1v) is 4.67. The second-order valence-electron chi connectivity index (χ2n) is 3.21. The highest BCUT2D eigenvalue weighted by Crippen LogP contribution is 2.27. The van der Waals surface area contributed by atoms with Crippen molar-refractivity contribution < 1.29 is 32.2 Å². The van der Waals surface area contributed by atoms with Crippen LogP contribution in [0.2, 0.25) is 0 Å². The van der Waals surface area contributed by atoms with E-state index in [2.05, 4.69) is 4.74 Å². The van der Waals surface area contributed by atoms with Gasteiger partial charge in [0, 0.05) is 6.08 Å². The van der Waals surface area contributed by atoms with Crippen LogP contribution in [-0.4, -0.2) is 23.6 Å². The summed E-state index contributed by atoms with van der Waals surface area (Å²) in [6.45, 7) is 0. The molecule has 0 fully saturated rings. The maximum Gasteiger partial charge on any atom is 0.461 e. The molecule has 7 heteroatoms. The number of hydrogen-bond acceptors (Lipinski definition) is 2. The van der Waals surface area contributed by atoms with Gasteiger partial charge in [0.15, 0.2) is 0 Å². The molecule has 0 saturated heterocycles. The van der Waals surface area contributed by atoms with Crippen LogP contribution in [0.4, 0.5) is 17.6 Å². The Kier molecular flexibility index (Phi) is 4.30. The van der Waals surface area contributed by atoms with E-state index >= 15 is 0 Å². The first-order chi connectivity index (χ1) is 8.31. The van der Waals surface area contributed by atoms with Gasteiger partial charge in [0.2, 0.25) is 0 Å². The molecule has 0 spiro atoms. The van der Waals surface area contributed by atoms with Crippen molar-refractivity contribution in [3.05, 3.63) is 35.9 Å². The summed E-state index contributed by atoms with van der Waals surface area (Å²) in [4.78, 5) is 10.2. The third-order valence-electron chi connectivity index (χ3n) is 1.78. The van der Waals surface area contributed by atoms with Gasteiger partial charge in [-0.3, -0.25) is 0 Å². The average molecular weight is 264 g/mol. The van der Waals surface area contributed by atoms with Gasteiger partial charge in [-0.2, -0.15) is 17.6 Å². The van der Waals surface area contributed by atoms with Crippen molar-refractivity contribution in [3.63, 3.8) is 0 Å². The van der Waals surface area contributed by atoms with Crippen LogP contribution in [0.25, 0.3) is 6.08 Å². The molecule has 0 radical (unpaired) electrons. The van der Waals surface area contributed by atoms with Gasteiger partial charge >= 0.3 is 18.5 Å². The summed E-state index contributed by atoms with van der Waals surface area (Å²) < 4.78 is 52.8. The first kappa shape index (κ1) is 14.0. The van der Waals surface area contributed by atoms with Crippen molar-refractivity contribution in [1.82, 2.24) is 0 Å². The van der Waals surface area contributed by atoms with Gasteiger partial charge in [0.25, 0.3) is 0 Å². The maximum atomic E-state index is 12.6. The minimum atomic E-state index is -4.59. The third-order valence-corrected chi connectivity index (χ3v) is 1.78. The highest BCUT2D eigenvalue weighted by Gasteiger charge is 2.43. The molecular weight excluding hydrogens is 256 g/mol. The lowest BCUT2D eigenvalue weighted by molar-refractivity contribution is -0.253. The predicted molar refractivity (Wildman–Crippen MR) is 54.7 cm³/mol. The lowest BCUT2D eigenvalue weighted by Crippen LogP contribution is -2.33. The first-order valence-electron chi connectivity index (χ1n) is 4.67. The molecule has 3 nitrogen and oxygen atoms in total. The topological polar surface area (TPSA) is 46.5 Å². The van der Waals surface area contributed by atoms with Crippen molar-refractivity contribution >= 4 is 12.0 Å². The number of hydrogen-bond donors (Lipinski definition) is 1. The van der Waals surface area contributed by atoms with Crippen LogP contribution in [-0.2, 0) is 4.79 Å². The Balaban J connectivity index is 2.86. The zero-order valence-electron chi connectivity index (χ0n) is 8.82. The van der Waals surface area contributed by atoms with Gasteiger partial charge in [-0.25, -0.2) is 4.79 Å². The normalized spacial score (nSPS) is 12.1. The third kappa shape index (κ3) is 4.08. The Bertz CT molecular complexity index is 457. The molecule has 0 aliphatic heterocycles. The summed E-state index contributed by atoms with van der Waals surface area (Å²) in [7, 11) is 0. The van der Waals surface area contributed by atoms with Crippen molar-refractivity contribution in [1.29, 1.82) is 0 Å². The zero-order valence-corrected chi connectivity index (χ0v) is 8.82. The van der Waals surface area contributed by atoms with E-state index in [1.54, 1.807) is 0 Å². The van der Waals surface area contributed by atoms with E-state index < -0.39 is 24.3 Å². The van der Waals surface area contributed by atoms with Gasteiger partial charge < -0.3 is 9.84 Å². The maximum absolute atomic E-state index is 12.6. The number of ether oxygens (including phenoxy) is 1. The summed E-state index contributed by atoms with van der Waals surface area (Å²) in [6, 6.07) is 4.77. The molecule has 0 heterocycles. The molecule has 18 heavy (non-hydrogen) atoms. The Morgan fingerprint density at radius 1 is 1.39 bits per heavy atom. The smallest absolute Gasteiger partial charge is 0.461 e. The number of alkyl halides is 4. The summed E-state index contributed by atoms with van der Waals surface area (Å²) in [5.74, 6) is -1.70. The Morgan fingerprint density at radius 3 is 2.61 bits per heavy atom. The van der Waals surface area contributed by atoms with Crippen LogP contribution in [0, 0.1) is 0 Å². The summed E-state index contributed by atoms with van der Waals surface area (Å²) in [5.41, 5.74) is 0.236.